The van der Waals surface area contributed by atoms with Crippen molar-refractivity contribution in [3.05, 3.63) is 35.4 Å². The second kappa shape index (κ2) is 6.05. The number of benzene rings is 1. The number of carbonyl (C=O) groups excluding carboxylic acids is 1. The van der Waals surface area contributed by atoms with E-state index in [2.05, 4.69) is 0 Å². The van der Waals surface area contributed by atoms with Gasteiger partial charge in [0.2, 0.25) is 0 Å². The molecule has 1 aromatic carbocycles. The Morgan fingerprint density at radius 2 is 2.15 bits per heavy atom. The molecule has 1 aliphatic heterocycles. The summed E-state index contributed by atoms with van der Waals surface area (Å²) in [5.41, 5.74) is 1.62. The highest BCUT2D eigenvalue weighted by molar-refractivity contribution is 5.97. The van der Waals surface area contributed by atoms with Crippen molar-refractivity contribution in [2.45, 2.75) is 25.4 Å². The zero-order valence-electron chi connectivity index (χ0n) is 11.9. The van der Waals surface area contributed by atoms with Gasteiger partial charge in [-0.25, -0.2) is 4.79 Å². The van der Waals surface area contributed by atoms with Gasteiger partial charge in [-0.15, -0.1) is 0 Å². The van der Waals surface area contributed by atoms with E-state index in [1.807, 2.05) is 37.2 Å². The summed E-state index contributed by atoms with van der Waals surface area (Å²) in [6.07, 6.45) is 1.29. The molecular weight excluding hydrogens is 256 g/mol. The van der Waals surface area contributed by atoms with E-state index in [9.17, 15) is 9.59 Å². The van der Waals surface area contributed by atoms with Crippen molar-refractivity contribution < 1.29 is 14.7 Å². The van der Waals surface area contributed by atoms with Gasteiger partial charge in [-0.1, -0.05) is 12.1 Å². The molecule has 20 heavy (non-hydrogen) atoms. The highest BCUT2D eigenvalue weighted by Gasteiger charge is 2.34. The predicted octanol–water partition coefficient (Wildman–Crippen LogP) is 1.44. The second-order valence-corrected chi connectivity index (χ2v) is 5.43. The van der Waals surface area contributed by atoms with Crippen LogP contribution in [0.25, 0.3) is 0 Å². The molecule has 0 aliphatic carbocycles. The monoisotopic (exact) mass is 276 g/mol. The Labute approximate surface area is 118 Å². The van der Waals surface area contributed by atoms with E-state index < -0.39 is 12.0 Å². The maximum Gasteiger partial charge on any atom is 0.326 e. The molecule has 0 bridgehead atoms. The fourth-order valence-electron chi connectivity index (χ4n) is 2.60. The van der Waals surface area contributed by atoms with Gasteiger partial charge in [0.05, 0.1) is 0 Å². The van der Waals surface area contributed by atoms with Crippen LogP contribution in [0.2, 0.25) is 0 Å². The first kappa shape index (κ1) is 14.5. The quantitative estimate of drug-likeness (QED) is 0.904. The maximum absolute atomic E-state index is 12.4. The molecule has 1 heterocycles. The van der Waals surface area contributed by atoms with Gasteiger partial charge in [0.15, 0.2) is 0 Å². The zero-order valence-corrected chi connectivity index (χ0v) is 11.9. The van der Waals surface area contributed by atoms with Gasteiger partial charge in [0, 0.05) is 18.7 Å². The Bertz CT molecular complexity index is 514. The number of nitrogens with zero attached hydrogens (tertiary/aromatic N) is 2. The van der Waals surface area contributed by atoms with Gasteiger partial charge in [0.1, 0.15) is 6.04 Å². The van der Waals surface area contributed by atoms with Crippen LogP contribution in [0.15, 0.2) is 24.3 Å². The van der Waals surface area contributed by atoms with Crippen LogP contribution >= 0.6 is 0 Å². The summed E-state index contributed by atoms with van der Waals surface area (Å²) in [6, 6.07) is 6.73. The van der Waals surface area contributed by atoms with Crippen LogP contribution in [0.1, 0.15) is 28.8 Å². The Kier molecular flexibility index (Phi) is 4.39. The molecule has 1 N–H and O–H groups in total. The second-order valence-electron chi connectivity index (χ2n) is 5.43. The lowest BCUT2D eigenvalue weighted by atomic mass is 10.1. The van der Waals surface area contributed by atoms with E-state index >= 15 is 0 Å². The molecule has 1 fully saturated rings. The maximum atomic E-state index is 12.4. The van der Waals surface area contributed by atoms with E-state index in [4.69, 9.17) is 5.11 Å². The Balaban J connectivity index is 2.18. The predicted molar refractivity (Wildman–Crippen MR) is 75.5 cm³/mol. The van der Waals surface area contributed by atoms with Gasteiger partial charge in [-0.2, -0.15) is 0 Å². The van der Waals surface area contributed by atoms with Crippen LogP contribution in [-0.4, -0.2) is 53.5 Å². The van der Waals surface area contributed by atoms with Crippen LogP contribution in [-0.2, 0) is 11.3 Å². The standard InChI is InChI=1S/C15H20N2O3/c1-16(2)10-11-5-3-6-12(9-11)14(18)17-8-4-7-13(17)15(19)20/h3,5-6,9,13H,4,7-8,10H2,1-2H3,(H,19,20). The molecule has 0 saturated carbocycles. The van der Waals surface area contributed by atoms with Crippen LogP contribution in [0.3, 0.4) is 0 Å². The summed E-state index contributed by atoms with van der Waals surface area (Å²) in [4.78, 5) is 27.1. The van der Waals surface area contributed by atoms with E-state index in [-0.39, 0.29) is 5.91 Å². The van der Waals surface area contributed by atoms with Gasteiger partial charge in [0.25, 0.3) is 5.91 Å². The molecule has 1 atom stereocenters. The number of carboxylic acid groups (broad SMARTS) is 1. The molecule has 0 spiro atoms. The SMILES string of the molecule is CN(C)Cc1cccc(C(=O)N2CCCC2C(=O)O)c1. The van der Waals surface area contributed by atoms with Gasteiger partial charge in [-0.05, 0) is 44.6 Å². The summed E-state index contributed by atoms with van der Waals surface area (Å²) in [6.45, 7) is 1.27. The first-order chi connectivity index (χ1) is 9.49. The Morgan fingerprint density at radius 1 is 1.40 bits per heavy atom. The number of amides is 1. The number of likely N-dealkylation sites (tertiary alicyclic amines) is 1. The average molecular weight is 276 g/mol. The lowest BCUT2D eigenvalue weighted by molar-refractivity contribution is -0.141. The molecule has 1 aliphatic rings. The van der Waals surface area contributed by atoms with E-state index in [1.165, 1.54) is 4.90 Å². The average Bonchev–Trinajstić information content (AvgIpc) is 2.86. The molecule has 0 radical (unpaired) electrons. The van der Waals surface area contributed by atoms with E-state index in [0.717, 1.165) is 18.5 Å². The van der Waals surface area contributed by atoms with Crippen LogP contribution < -0.4 is 0 Å². The van der Waals surface area contributed by atoms with Crippen molar-refractivity contribution in [1.82, 2.24) is 9.80 Å². The van der Waals surface area contributed by atoms with Crippen molar-refractivity contribution >= 4 is 11.9 Å². The highest BCUT2D eigenvalue weighted by atomic mass is 16.4. The number of rotatable bonds is 4. The lowest BCUT2D eigenvalue weighted by Gasteiger charge is -2.21. The molecule has 5 nitrogen and oxygen atoms in total. The smallest absolute Gasteiger partial charge is 0.326 e. The summed E-state index contributed by atoms with van der Waals surface area (Å²) in [5.74, 6) is -1.10. The molecule has 0 aromatic heterocycles. The number of aliphatic carboxylic acids is 1. The molecule has 5 heteroatoms. The molecule has 1 aromatic rings. The third-order valence-electron chi connectivity index (χ3n) is 3.47. The number of hydrogen-bond acceptors (Lipinski definition) is 3. The number of carboxylic acids is 1. The van der Waals surface area contributed by atoms with Crippen molar-refractivity contribution in [2.75, 3.05) is 20.6 Å². The van der Waals surface area contributed by atoms with Crippen LogP contribution in [0.5, 0.6) is 0 Å². The summed E-state index contributed by atoms with van der Waals surface area (Å²) in [5, 5.41) is 9.15. The third-order valence-corrected chi connectivity index (χ3v) is 3.47. The molecule has 1 saturated heterocycles. The van der Waals surface area contributed by atoms with Crippen molar-refractivity contribution in [3.63, 3.8) is 0 Å². The summed E-state index contributed by atoms with van der Waals surface area (Å²) < 4.78 is 0. The normalized spacial score (nSPS) is 18.6. The Hall–Kier alpha value is -1.88. The van der Waals surface area contributed by atoms with Crippen LogP contribution in [0, 0.1) is 0 Å². The molecule has 2 rings (SSSR count). The van der Waals surface area contributed by atoms with Crippen LogP contribution in [0.4, 0.5) is 0 Å². The number of hydrogen-bond donors (Lipinski definition) is 1. The topological polar surface area (TPSA) is 60.9 Å². The largest absolute Gasteiger partial charge is 0.480 e. The summed E-state index contributed by atoms with van der Waals surface area (Å²) in [7, 11) is 3.94. The lowest BCUT2D eigenvalue weighted by Crippen LogP contribution is -2.40. The Morgan fingerprint density at radius 3 is 2.80 bits per heavy atom. The highest BCUT2D eigenvalue weighted by Crippen LogP contribution is 2.21. The minimum atomic E-state index is -0.916. The molecular formula is C15H20N2O3. The fourth-order valence-corrected chi connectivity index (χ4v) is 2.60. The third kappa shape index (κ3) is 3.17. The van der Waals surface area contributed by atoms with Crippen molar-refractivity contribution in [1.29, 1.82) is 0 Å². The molecule has 1 unspecified atom stereocenters. The van der Waals surface area contributed by atoms with Crippen molar-refractivity contribution in [2.24, 2.45) is 0 Å². The van der Waals surface area contributed by atoms with E-state index in [1.54, 1.807) is 6.07 Å². The summed E-state index contributed by atoms with van der Waals surface area (Å²) >= 11 is 0. The minimum Gasteiger partial charge on any atom is -0.480 e. The minimum absolute atomic E-state index is 0.185. The first-order valence-corrected chi connectivity index (χ1v) is 6.76. The van der Waals surface area contributed by atoms with Gasteiger partial charge in [-0.3, -0.25) is 4.79 Å². The van der Waals surface area contributed by atoms with Gasteiger partial charge < -0.3 is 14.9 Å². The first-order valence-electron chi connectivity index (χ1n) is 6.76. The van der Waals surface area contributed by atoms with Crippen molar-refractivity contribution in [3.8, 4) is 0 Å². The molecule has 1 amide bonds. The van der Waals surface area contributed by atoms with Gasteiger partial charge >= 0.3 is 5.97 Å². The zero-order chi connectivity index (χ0) is 14.7. The van der Waals surface area contributed by atoms with E-state index in [0.29, 0.717) is 18.5 Å². The fraction of sp³-hybridized carbons (Fsp3) is 0.467. The number of carbonyl (C=O) groups is 2. The molecule has 108 valence electrons.